The lowest BCUT2D eigenvalue weighted by atomic mass is 10.2. The van der Waals surface area contributed by atoms with Gasteiger partial charge in [-0.3, -0.25) is 0 Å². The minimum absolute atomic E-state index is 0.0453. The van der Waals surface area contributed by atoms with Crippen molar-refractivity contribution in [3.8, 4) is 0 Å². The Balaban J connectivity index is 2.08. The third-order valence-corrected chi connectivity index (χ3v) is 3.73. The third-order valence-electron chi connectivity index (χ3n) is 2.71. The molecule has 1 aromatic carbocycles. The molecule has 8 heteroatoms. The van der Waals surface area contributed by atoms with Crippen LogP contribution in [-0.4, -0.2) is 16.1 Å². The fourth-order valence-corrected chi connectivity index (χ4v) is 2.45. The molecule has 0 aliphatic rings. The summed E-state index contributed by atoms with van der Waals surface area (Å²) in [5.74, 6) is -1.11. The van der Waals surface area contributed by atoms with Crippen LogP contribution in [0.3, 0.4) is 0 Å². The summed E-state index contributed by atoms with van der Waals surface area (Å²) in [6.45, 7) is 1.75. The number of nitrogens with zero attached hydrogens (tertiary/aromatic N) is 1. The van der Waals surface area contributed by atoms with E-state index in [1.54, 1.807) is 6.92 Å². The van der Waals surface area contributed by atoms with Crippen LogP contribution in [0, 0.1) is 0 Å². The maximum Gasteiger partial charge on any atom is 0.416 e. The molecule has 1 atom stereocenters. The fourth-order valence-electron chi connectivity index (χ4n) is 1.65. The van der Waals surface area contributed by atoms with Gasteiger partial charge in [0.2, 0.25) is 0 Å². The predicted octanol–water partition coefficient (Wildman–Crippen LogP) is 4.03. The fraction of sp³-hybridized carbons (Fsp3) is 0.231. The van der Waals surface area contributed by atoms with Crippen LogP contribution in [0.15, 0.2) is 29.6 Å². The summed E-state index contributed by atoms with van der Waals surface area (Å²) in [6.07, 6.45) is -4.37. The molecular formula is C13H11F3N2O2S. The third kappa shape index (κ3) is 3.72. The second-order valence-electron chi connectivity index (χ2n) is 4.32. The van der Waals surface area contributed by atoms with E-state index in [-0.39, 0.29) is 11.7 Å². The molecule has 0 aliphatic carbocycles. The van der Waals surface area contributed by atoms with Crippen molar-refractivity contribution in [2.75, 3.05) is 5.32 Å². The summed E-state index contributed by atoms with van der Waals surface area (Å²) in [7, 11) is 0. The predicted molar refractivity (Wildman–Crippen MR) is 72.6 cm³/mol. The van der Waals surface area contributed by atoms with Gasteiger partial charge in [-0.05, 0) is 31.2 Å². The zero-order valence-electron chi connectivity index (χ0n) is 10.8. The molecule has 2 N–H and O–H groups in total. The number of halogens is 3. The van der Waals surface area contributed by atoms with Gasteiger partial charge in [0.15, 0.2) is 5.69 Å². The Labute approximate surface area is 122 Å². The number of carbonyl (C=O) groups is 1. The molecule has 4 nitrogen and oxygen atoms in total. The quantitative estimate of drug-likeness (QED) is 0.894. The number of hydrogen-bond acceptors (Lipinski definition) is 4. The minimum Gasteiger partial charge on any atom is -0.476 e. The largest absolute Gasteiger partial charge is 0.476 e. The Kier molecular flexibility index (Phi) is 4.17. The molecule has 0 saturated carbocycles. The summed E-state index contributed by atoms with van der Waals surface area (Å²) >= 11 is 1.18. The Hall–Kier alpha value is -2.09. The first kappa shape index (κ1) is 15.3. The summed E-state index contributed by atoms with van der Waals surface area (Å²) in [6, 6.07) is 4.31. The van der Waals surface area contributed by atoms with Gasteiger partial charge in [0.1, 0.15) is 5.01 Å². The number of alkyl halides is 3. The van der Waals surface area contributed by atoms with Gasteiger partial charge in [-0.25, -0.2) is 9.78 Å². The molecule has 0 aliphatic heterocycles. The molecule has 2 aromatic rings. The van der Waals surface area contributed by atoms with Crippen LogP contribution in [0.4, 0.5) is 18.9 Å². The maximum absolute atomic E-state index is 12.4. The van der Waals surface area contributed by atoms with Gasteiger partial charge in [-0.2, -0.15) is 13.2 Å². The molecule has 0 radical (unpaired) electrons. The molecular weight excluding hydrogens is 305 g/mol. The Morgan fingerprint density at radius 3 is 2.43 bits per heavy atom. The molecule has 1 heterocycles. The van der Waals surface area contributed by atoms with E-state index < -0.39 is 17.7 Å². The summed E-state index contributed by atoms with van der Waals surface area (Å²) in [5, 5.41) is 13.7. The smallest absolute Gasteiger partial charge is 0.416 e. The SMILES string of the molecule is CC(Nc1ccc(C(F)(F)F)cc1)c1nc(C(=O)O)cs1. The highest BCUT2D eigenvalue weighted by atomic mass is 32.1. The molecule has 112 valence electrons. The standard InChI is InChI=1S/C13H11F3N2O2S/c1-7(11-18-10(6-21-11)12(19)20)17-9-4-2-8(3-5-9)13(14,15)16/h2-7,17H,1H3,(H,19,20). The number of hydrogen-bond donors (Lipinski definition) is 2. The van der Waals surface area contributed by atoms with Crippen molar-refractivity contribution in [3.63, 3.8) is 0 Å². The molecule has 0 spiro atoms. The van der Waals surface area contributed by atoms with Crippen LogP contribution in [-0.2, 0) is 6.18 Å². The van der Waals surface area contributed by atoms with Crippen LogP contribution in [0.2, 0.25) is 0 Å². The average molecular weight is 316 g/mol. The first-order chi connectivity index (χ1) is 9.77. The maximum atomic E-state index is 12.4. The topological polar surface area (TPSA) is 62.2 Å². The van der Waals surface area contributed by atoms with Crippen molar-refractivity contribution >= 4 is 23.0 Å². The van der Waals surface area contributed by atoms with Crippen LogP contribution < -0.4 is 5.32 Å². The normalized spacial score (nSPS) is 13.0. The molecule has 0 fully saturated rings. The Morgan fingerprint density at radius 1 is 1.33 bits per heavy atom. The van der Waals surface area contributed by atoms with E-state index >= 15 is 0 Å². The second kappa shape index (κ2) is 5.72. The van der Waals surface area contributed by atoms with Gasteiger partial charge in [0, 0.05) is 11.1 Å². The number of carboxylic acids is 1. The molecule has 1 unspecified atom stereocenters. The van der Waals surface area contributed by atoms with Crippen molar-refractivity contribution in [3.05, 3.63) is 45.9 Å². The number of thiazole rings is 1. The van der Waals surface area contributed by atoms with E-state index in [2.05, 4.69) is 10.3 Å². The monoisotopic (exact) mass is 316 g/mol. The van der Waals surface area contributed by atoms with E-state index in [9.17, 15) is 18.0 Å². The van der Waals surface area contributed by atoms with Crippen LogP contribution in [0.5, 0.6) is 0 Å². The number of rotatable bonds is 4. The zero-order valence-corrected chi connectivity index (χ0v) is 11.6. The van der Waals surface area contributed by atoms with Gasteiger partial charge in [0.25, 0.3) is 0 Å². The van der Waals surface area contributed by atoms with Gasteiger partial charge in [0.05, 0.1) is 11.6 Å². The van der Waals surface area contributed by atoms with Crippen LogP contribution in [0.1, 0.15) is 34.0 Å². The van der Waals surface area contributed by atoms with Crippen molar-refractivity contribution in [1.82, 2.24) is 4.98 Å². The van der Waals surface area contributed by atoms with Crippen molar-refractivity contribution in [1.29, 1.82) is 0 Å². The van der Waals surface area contributed by atoms with E-state index in [4.69, 9.17) is 5.11 Å². The molecule has 2 rings (SSSR count). The van der Waals surface area contributed by atoms with Gasteiger partial charge in [-0.1, -0.05) is 0 Å². The number of aromatic nitrogens is 1. The zero-order chi connectivity index (χ0) is 15.6. The summed E-state index contributed by atoms with van der Waals surface area (Å²) < 4.78 is 37.3. The van der Waals surface area contributed by atoms with E-state index in [1.165, 1.54) is 28.8 Å². The highest BCUT2D eigenvalue weighted by Crippen LogP contribution is 2.30. The molecule has 0 amide bonds. The van der Waals surface area contributed by atoms with Crippen LogP contribution in [0.25, 0.3) is 0 Å². The van der Waals surface area contributed by atoms with Crippen molar-refractivity contribution in [2.24, 2.45) is 0 Å². The highest BCUT2D eigenvalue weighted by molar-refractivity contribution is 7.09. The van der Waals surface area contributed by atoms with Crippen LogP contribution >= 0.6 is 11.3 Å². The number of carboxylic acid groups (broad SMARTS) is 1. The van der Waals surface area contributed by atoms with E-state index in [1.807, 2.05) is 0 Å². The molecule has 1 aromatic heterocycles. The molecule has 0 bridgehead atoms. The van der Waals surface area contributed by atoms with E-state index in [0.717, 1.165) is 12.1 Å². The highest BCUT2D eigenvalue weighted by Gasteiger charge is 2.30. The number of anilines is 1. The lowest BCUT2D eigenvalue weighted by molar-refractivity contribution is -0.137. The Morgan fingerprint density at radius 2 is 1.95 bits per heavy atom. The summed E-state index contributed by atoms with van der Waals surface area (Å²) in [4.78, 5) is 14.7. The van der Waals surface area contributed by atoms with Gasteiger partial charge in [-0.15, -0.1) is 11.3 Å². The molecule has 21 heavy (non-hydrogen) atoms. The molecule has 0 saturated heterocycles. The van der Waals surface area contributed by atoms with Gasteiger partial charge < -0.3 is 10.4 Å². The lowest BCUT2D eigenvalue weighted by Gasteiger charge is -2.13. The second-order valence-corrected chi connectivity index (χ2v) is 5.21. The lowest BCUT2D eigenvalue weighted by Crippen LogP contribution is -2.08. The average Bonchev–Trinajstić information content (AvgIpc) is 2.88. The first-order valence-electron chi connectivity index (χ1n) is 5.90. The Bertz CT molecular complexity index is 638. The number of benzene rings is 1. The van der Waals surface area contributed by atoms with Crippen molar-refractivity contribution < 1.29 is 23.1 Å². The van der Waals surface area contributed by atoms with E-state index in [0.29, 0.717) is 10.7 Å². The van der Waals surface area contributed by atoms with Gasteiger partial charge >= 0.3 is 12.1 Å². The first-order valence-corrected chi connectivity index (χ1v) is 6.78. The minimum atomic E-state index is -4.37. The number of nitrogens with one attached hydrogen (secondary N) is 1. The van der Waals surface area contributed by atoms with Crippen molar-refractivity contribution in [2.45, 2.75) is 19.1 Å². The summed E-state index contributed by atoms with van der Waals surface area (Å²) in [5.41, 5.74) is -0.262. The number of aromatic carboxylic acids is 1.